The highest BCUT2D eigenvalue weighted by Crippen LogP contribution is 2.46. The molecule has 4 aliphatic rings. The van der Waals surface area contributed by atoms with Crippen LogP contribution in [0.25, 0.3) is 22.3 Å². The van der Waals surface area contributed by atoms with Crippen LogP contribution in [0.3, 0.4) is 0 Å². The van der Waals surface area contributed by atoms with Gasteiger partial charge in [0.2, 0.25) is 17.7 Å². The van der Waals surface area contributed by atoms with Crippen LogP contribution in [-0.2, 0) is 113 Å². The molecule has 2 aliphatic carbocycles. The van der Waals surface area contributed by atoms with E-state index in [2.05, 4.69) is 38.4 Å². The summed E-state index contributed by atoms with van der Waals surface area (Å²) in [7, 11) is 0. The van der Waals surface area contributed by atoms with Gasteiger partial charge in [0.15, 0.2) is 23.0 Å². The normalized spacial score (nSPS) is 16.6. The average Bonchev–Trinajstić information content (AvgIpc) is 1.59. The predicted octanol–water partition coefficient (Wildman–Crippen LogP) is 6.98. The number of primary amides is 1. The zero-order valence-electron chi connectivity index (χ0n) is 64.2. The molecule has 2 aromatic carbocycles. The van der Waals surface area contributed by atoms with Crippen molar-refractivity contribution >= 4 is 95.0 Å². The minimum atomic E-state index is -2.05. The first-order valence-corrected chi connectivity index (χ1v) is 37.7. The van der Waals surface area contributed by atoms with Gasteiger partial charge >= 0.3 is 24.1 Å². The molecule has 0 saturated carbocycles. The zero-order chi connectivity index (χ0) is 79.9. The van der Waals surface area contributed by atoms with E-state index < -0.39 is 113 Å². The van der Waals surface area contributed by atoms with Crippen LogP contribution < -0.4 is 37.9 Å². The molecule has 0 radical (unpaired) electrons. The summed E-state index contributed by atoms with van der Waals surface area (Å²) in [6.07, 6.45) is 5.58. The molecular formula is C79H107FN8O22S. The van der Waals surface area contributed by atoms with Gasteiger partial charge in [0.1, 0.15) is 44.1 Å². The number of pyridine rings is 2. The number of carboxylic acid groups (broad SMARTS) is 1. The van der Waals surface area contributed by atoms with Gasteiger partial charge in [-0.1, -0.05) is 45.2 Å². The molecule has 4 heterocycles. The summed E-state index contributed by atoms with van der Waals surface area (Å²) in [4.78, 5) is 157. The van der Waals surface area contributed by atoms with Crippen molar-refractivity contribution < 1.29 is 105 Å². The van der Waals surface area contributed by atoms with E-state index in [-0.39, 0.29) is 133 Å². The number of halogens is 1. The summed E-state index contributed by atoms with van der Waals surface area (Å²) >= 11 is 0. The van der Waals surface area contributed by atoms with Crippen molar-refractivity contribution in [1.29, 1.82) is 0 Å². The van der Waals surface area contributed by atoms with Crippen molar-refractivity contribution in [2.45, 2.75) is 194 Å². The second-order valence-corrected chi connectivity index (χ2v) is 27.9. The van der Waals surface area contributed by atoms with Crippen LogP contribution in [0.2, 0.25) is 0 Å². The number of ketones is 4. The fraction of sp³-hybridized carbons (Fsp3) is 0.582. The maximum atomic E-state index is 15.4. The number of carbonyl (C=O) groups is 11. The number of aromatic nitrogens is 2. The van der Waals surface area contributed by atoms with Crippen LogP contribution >= 0.6 is 13.5 Å². The van der Waals surface area contributed by atoms with E-state index in [0.717, 1.165) is 24.8 Å². The number of hydrogen-bond acceptors (Lipinski definition) is 22. The molecular weight excluding hydrogens is 1460 g/mol. The number of nitrogens with one attached hydrogen (secondary N) is 5. The van der Waals surface area contributed by atoms with E-state index in [4.69, 9.17) is 53.7 Å². The monoisotopic (exact) mass is 1570 g/mol. The average molecular weight is 1570 g/mol. The summed E-state index contributed by atoms with van der Waals surface area (Å²) in [6.45, 7) is 13.4. The molecule has 608 valence electrons. The van der Waals surface area contributed by atoms with Crippen LogP contribution in [-0.4, -0.2) is 183 Å². The molecule has 8 rings (SSSR count). The molecule has 6 amide bonds. The van der Waals surface area contributed by atoms with Gasteiger partial charge in [-0.3, -0.25) is 38.4 Å². The van der Waals surface area contributed by atoms with Gasteiger partial charge in [0.25, 0.3) is 5.56 Å². The number of amides is 6. The SMILES string of the molecule is CCOCCOCCOCCOCCCC(=O)COC1C#CCCCCC1.CC[C@@]1(O)C(=O)OCc2c1cc1n(c2=O)Cc2c-1nc1cc(F)c(C)c3c1c2[C@@H](NC(=O)COCCC(=O)CNC(=O)OCc1ccc(NC(=O)[C@H](CCCNC(N)=O)CC(=O)[C@@H](NC(=O)[C@H](CCC(=O)O)CC(C)=O)C(C)C)cc1)CC3.S. The number of benzene rings is 2. The number of aryl methyl sites for hydroxylation is 1. The number of aliphatic hydroxyl groups is 1. The molecule has 30 nitrogen and oxygen atoms in total. The highest BCUT2D eigenvalue weighted by Gasteiger charge is 2.46. The topological polar surface area (TPSA) is 423 Å². The number of cyclic esters (lactones) is 1. The number of anilines is 1. The number of nitrogens with two attached hydrogens (primary N) is 1. The Morgan fingerprint density at radius 2 is 1.50 bits per heavy atom. The maximum Gasteiger partial charge on any atom is 0.407 e. The maximum absolute atomic E-state index is 15.4. The number of nitrogens with zero attached hydrogens (tertiary/aromatic N) is 2. The van der Waals surface area contributed by atoms with Crippen molar-refractivity contribution in [3.8, 4) is 23.2 Å². The molecule has 6 atom stereocenters. The van der Waals surface area contributed by atoms with Crippen molar-refractivity contribution in [2.75, 3.05) is 91.1 Å². The summed E-state index contributed by atoms with van der Waals surface area (Å²) < 4.78 is 59.9. The minimum Gasteiger partial charge on any atom is -0.481 e. The first kappa shape index (κ1) is 90.8. The molecule has 0 bridgehead atoms. The number of hydrogen-bond donors (Lipinski definition) is 8. The molecule has 4 aromatic rings. The van der Waals surface area contributed by atoms with Gasteiger partial charge < -0.3 is 89.8 Å². The Bertz CT molecular complexity index is 4050. The third kappa shape index (κ3) is 27.7. The Morgan fingerprint density at radius 1 is 0.793 bits per heavy atom. The number of fused-ring (bicyclic) bond motifs is 5. The van der Waals surface area contributed by atoms with Gasteiger partial charge in [-0.2, -0.15) is 13.5 Å². The number of esters is 1. The van der Waals surface area contributed by atoms with Crippen molar-refractivity contribution in [3.63, 3.8) is 0 Å². The van der Waals surface area contributed by atoms with Crippen LogP contribution in [0, 0.1) is 42.3 Å². The van der Waals surface area contributed by atoms with Crippen LogP contribution in [0.1, 0.15) is 182 Å². The van der Waals surface area contributed by atoms with E-state index in [9.17, 15) is 62.6 Å². The van der Waals surface area contributed by atoms with E-state index >= 15 is 4.39 Å². The zero-order valence-corrected chi connectivity index (χ0v) is 65.2. The number of Topliss-reactive ketones (excluding diaryl/α,β-unsaturated/α-hetero) is 4. The van der Waals surface area contributed by atoms with Gasteiger partial charge in [-0.05, 0) is 131 Å². The number of carbonyl (C=O) groups excluding carboxylic acids is 10. The first-order valence-electron chi connectivity index (χ1n) is 37.7. The molecule has 32 heteroatoms. The van der Waals surface area contributed by atoms with Crippen molar-refractivity contribution in [3.05, 3.63) is 91.5 Å². The molecule has 0 spiro atoms. The van der Waals surface area contributed by atoms with Crippen molar-refractivity contribution in [2.24, 2.45) is 23.5 Å². The largest absolute Gasteiger partial charge is 0.481 e. The van der Waals surface area contributed by atoms with Gasteiger partial charge in [-0.15, -0.1) is 5.92 Å². The Balaban J connectivity index is 0.000000580. The van der Waals surface area contributed by atoms with Crippen LogP contribution in [0.5, 0.6) is 0 Å². The van der Waals surface area contributed by atoms with E-state index in [1.54, 1.807) is 58.0 Å². The Kier molecular flexibility index (Phi) is 37.7. The fourth-order valence-electron chi connectivity index (χ4n) is 13.3. The van der Waals surface area contributed by atoms with Crippen LogP contribution in [0.4, 0.5) is 19.7 Å². The fourth-order valence-corrected chi connectivity index (χ4v) is 13.3. The minimum absolute atomic E-state index is 0. The van der Waals surface area contributed by atoms with E-state index in [1.165, 1.54) is 30.4 Å². The third-order valence-corrected chi connectivity index (χ3v) is 19.3. The number of aliphatic carboxylic acids is 1. The summed E-state index contributed by atoms with van der Waals surface area (Å²) in [5.41, 5.74) is 7.25. The van der Waals surface area contributed by atoms with Gasteiger partial charge in [-0.25, -0.2) is 23.8 Å². The number of urea groups is 1. The summed E-state index contributed by atoms with van der Waals surface area (Å²) in [5, 5.41) is 34.4. The lowest BCUT2D eigenvalue weighted by Crippen LogP contribution is -2.48. The molecule has 9 N–H and O–H groups in total. The first-order chi connectivity index (χ1) is 52.7. The summed E-state index contributed by atoms with van der Waals surface area (Å²) in [5.74, 6) is -1.39. The highest BCUT2D eigenvalue weighted by molar-refractivity contribution is 7.59. The quantitative estimate of drug-likeness (QED) is 0.0111. The second-order valence-electron chi connectivity index (χ2n) is 27.9. The van der Waals surface area contributed by atoms with Crippen molar-refractivity contribution in [1.82, 2.24) is 30.8 Å². The molecule has 111 heavy (non-hydrogen) atoms. The molecule has 1 unspecified atom stereocenters. The standard InChI is InChI=1S/C58H69FN8O16.C21H36O6.H2S/c1-6-58(80)40-22-44-51-38(25-67(44)54(76)39(40)27-82-55(58)77)49-42(15-14-37-31(5)41(59)23-43(65-51)48(37)49)64-46(71)28-81-19-17-36(69)24-62-57(79)83-26-32-9-12-35(13-10-32)63-52(74)33(8-7-18-61-56(60)78)21-45(70)50(29(2)3)66-53(75)34(20-30(4)68)11-16-47(72)73;1-2-23-13-14-25-17-18-26-16-15-24-12-8-9-20(22)19-27-21-10-6-4-3-5-7-11-21;/h9-10,12-13,22-23,29,33-34,42,50,80H,6-8,11,14-21,24-28H2,1-5H3,(H,62,79)(H,63,74)(H,64,71)(H,66,75)(H,72,73)(H3,60,61,78);21H,2-6,8-10,12-19H2,1H3;1H2/t33-,34-,42+,50+,58+;;/m1../s1. The van der Waals surface area contributed by atoms with Gasteiger partial charge in [0, 0.05) is 98.4 Å². The number of alkyl carbamates (subject to hydrolysis) is 1. The molecule has 0 saturated heterocycles. The predicted molar refractivity (Wildman–Crippen MR) is 409 cm³/mol. The molecule has 0 fully saturated rings. The number of ether oxygens (including phenoxy) is 8. The highest BCUT2D eigenvalue weighted by atomic mass is 32.1. The molecule has 2 aromatic heterocycles. The summed E-state index contributed by atoms with van der Waals surface area (Å²) in [6, 6.07) is 6.67. The van der Waals surface area contributed by atoms with Crippen LogP contribution in [0.15, 0.2) is 41.2 Å². The van der Waals surface area contributed by atoms with Gasteiger partial charge in [0.05, 0.1) is 93.9 Å². The van der Waals surface area contributed by atoms with E-state index in [1.807, 2.05) is 6.92 Å². The lowest BCUT2D eigenvalue weighted by atomic mass is 9.81. The number of rotatable bonds is 45. The Hall–Kier alpha value is -9.07. The Labute approximate surface area is 651 Å². The number of carboxylic acids is 1. The second kappa shape index (κ2) is 46.1. The third-order valence-electron chi connectivity index (χ3n) is 19.3. The lowest BCUT2D eigenvalue weighted by Gasteiger charge is -2.31. The molecule has 2 aliphatic heterocycles. The smallest absolute Gasteiger partial charge is 0.407 e. The van der Waals surface area contributed by atoms with E-state index in [0.29, 0.717) is 129 Å². The Morgan fingerprint density at radius 3 is 2.17 bits per heavy atom. The lowest BCUT2D eigenvalue weighted by molar-refractivity contribution is -0.172.